The Hall–Kier alpha value is -2.30. The molecule has 0 bridgehead atoms. The molecule has 29 heavy (non-hydrogen) atoms. The lowest BCUT2D eigenvalue weighted by Gasteiger charge is -2.50. The molecular weight excluding hydrogens is 358 g/mol. The molecular formula is C24H35N5. The molecule has 3 N–H and O–H groups in total. The number of rotatable bonds is 5. The summed E-state index contributed by atoms with van der Waals surface area (Å²) in [7, 11) is 0. The van der Waals surface area contributed by atoms with Crippen molar-refractivity contribution in [2.45, 2.75) is 71.1 Å². The molecule has 0 radical (unpaired) electrons. The monoisotopic (exact) mass is 393 g/mol. The van der Waals surface area contributed by atoms with E-state index in [1.54, 1.807) is 0 Å². The van der Waals surface area contributed by atoms with Gasteiger partial charge in [0.1, 0.15) is 17.5 Å². The van der Waals surface area contributed by atoms with Crippen LogP contribution in [0.2, 0.25) is 0 Å². The van der Waals surface area contributed by atoms with Crippen LogP contribution in [0.4, 0.5) is 11.6 Å². The van der Waals surface area contributed by atoms with E-state index in [9.17, 15) is 0 Å². The molecule has 1 aromatic heterocycles. The molecule has 0 atom stereocenters. The van der Waals surface area contributed by atoms with Crippen molar-refractivity contribution in [2.75, 3.05) is 23.3 Å². The van der Waals surface area contributed by atoms with Crippen molar-refractivity contribution in [1.29, 1.82) is 0 Å². The Kier molecular flexibility index (Phi) is 5.93. The van der Waals surface area contributed by atoms with Crippen molar-refractivity contribution in [3.8, 4) is 0 Å². The van der Waals surface area contributed by atoms with Crippen molar-refractivity contribution in [3.05, 3.63) is 41.7 Å². The van der Waals surface area contributed by atoms with Crippen molar-refractivity contribution in [2.24, 2.45) is 16.1 Å². The molecule has 0 spiro atoms. The highest BCUT2D eigenvalue weighted by Gasteiger charge is 2.40. The van der Waals surface area contributed by atoms with Gasteiger partial charge in [-0.3, -0.25) is 0 Å². The molecule has 0 amide bonds. The van der Waals surface area contributed by atoms with E-state index in [2.05, 4.69) is 41.2 Å². The fourth-order valence-corrected chi connectivity index (χ4v) is 4.85. The molecule has 0 unspecified atom stereocenters. The molecule has 0 aromatic carbocycles. The van der Waals surface area contributed by atoms with E-state index >= 15 is 0 Å². The first kappa shape index (κ1) is 20.0. The fraction of sp³-hybridized carbons (Fsp3) is 0.583. The minimum absolute atomic E-state index is 0.462. The number of hydrogen-bond acceptors (Lipinski definition) is 5. The maximum Gasteiger partial charge on any atom is 0.134 e. The summed E-state index contributed by atoms with van der Waals surface area (Å²) in [5.41, 5.74) is 8.75. The first-order valence-corrected chi connectivity index (χ1v) is 11.3. The number of aliphatic imine (C=N–C) groups is 1. The van der Waals surface area contributed by atoms with Gasteiger partial charge in [0.05, 0.1) is 0 Å². The molecule has 3 heterocycles. The van der Waals surface area contributed by atoms with Crippen molar-refractivity contribution in [1.82, 2.24) is 4.98 Å². The average Bonchev–Trinajstić information content (AvgIpc) is 2.92. The Bertz CT molecular complexity index is 805. The third-order valence-corrected chi connectivity index (χ3v) is 7.04. The molecule has 5 nitrogen and oxygen atoms in total. The number of pyridine rings is 1. The molecule has 3 aliphatic rings. The topological polar surface area (TPSA) is 66.5 Å². The van der Waals surface area contributed by atoms with E-state index in [1.165, 1.54) is 50.5 Å². The van der Waals surface area contributed by atoms with Gasteiger partial charge in [-0.25, -0.2) is 9.98 Å². The van der Waals surface area contributed by atoms with E-state index < -0.39 is 0 Å². The van der Waals surface area contributed by atoms with Crippen molar-refractivity contribution < 1.29 is 0 Å². The zero-order valence-electron chi connectivity index (χ0n) is 18.0. The Labute approximate surface area is 175 Å². The van der Waals surface area contributed by atoms with Gasteiger partial charge in [-0.2, -0.15) is 0 Å². The minimum Gasteiger partial charge on any atom is -0.402 e. The standard InChI is InChI=1S/C24H35N5/c1-3-24(4-2)16-29(17-24)23-14-19(18-9-6-5-7-10-18)13-22(28-23)27-21-15-20(25)11-8-12-26-21/h8,12-15,18H,3-7,9-11,16-17,25H2,1-2H3,(H,26,27,28). The number of amidine groups is 1. The van der Waals surface area contributed by atoms with Crippen LogP contribution < -0.4 is 16.0 Å². The van der Waals surface area contributed by atoms with E-state index in [1.807, 2.05) is 18.4 Å². The number of nitrogens with zero attached hydrogens (tertiary/aromatic N) is 3. The molecule has 2 fully saturated rings. The smallest absolute Gasteiger partial charge is 0.134 e. The lowest BCUT2D eigenvalue weighted by atomic mass is 9.75. The third-order valence-electron chi connectivity index (χ3n) is 7.04. The molecule has 5 heteroatoms. The first-order valence-electron chi connectivity index (χ1n) is 11.3. The summed E-state index contributed by atoms with van der Waals surface area (Å²) in [6, 6.07) is 4.57. The van der Waals surface area contributed by atoms with E-state index in [0.717, 1.165) is 42.7 Å². The summed E-state index contributed by atoms with van der Waals surface area (Å²) < 4.78 is 0. The Balaban J connectivity index is 1.61. The van der Waals surface area contributed by atoms with E-state index in [-0.39, 0.29) is 0 Å². The number of nitrogens with one attached hydrogen (secondary N) is 1. The fourth-order valence-electron chi connectivity index (χ4n) is 4.85. The predicted octanol–water partition coefficient (Wildman–Crippen LogP) is 5.33. The van der Waals surface area contributed by atoms with Crippen LogP contribution >= 0.6 is 0 Å². The average molecular weight is 394 g/mol. The summed E-state index contributed by atoms with van der Waals surface area (Å²) in [5.74, 6) is 3.39. The molecule has 1 aromatic rings. The second-order valence-electron chi connectivity index (χ2n) is 8.99. The Morgan fingerprint density at radius 2 is 1.90 bits per heavy atom. The maximum atomic E-state index is 6.06. The van der Waals surface area contributed by atoms with Gasteiger partial charge in [-0.15, -0.1) is 0 Å². The molecule has 2 aliphatic heterocycles. The summed E-state index contributed by atoms with van der Waals surface area (Å²) >= 11 is 0. The van der Waals surface area contributed by atoms with Crippen LogP contribution in [0, 0.1) is 5.41 Å². The quantitative estimate of drug-likeness (QED) is 0.710. The third kappa shape index (κ3) is 4.49. The predicted molar refractivity (Wildman–Crippen MR) is 122 cm³/mol. The molecule has 1 saturated carbocycles. The molecule has 1 aliphatic carbocycles. The highest BCUT2D eigenvalue weighted by atomic mass is 15.3. The van der Waals surface area contributed by atoms with Crippen LogP contribution in [0.15, 0.2) is 41.2 Å². The van der Waals surface area contributed by atoms with Crippen LogP contribution in [0.5, 0.6) is 0 Å². The van der Waals surface area contributed by atoms with Gasteiger partial charge in [-0.1, -0.05) is 39.2 Å². The highest BCUT2D eigenvalue weighted by Crippen LogP contribution is 2.41. The van der Waals surface area contributed by atoms with Gasteiger partial charge in [0.25, 0.3) is 0 Å². The number of aromatic nitrogens is 1. The summed E-state index contributed by atoms with van der Waals surface area (Å²) in [5, 5.41) is 3.43. The SMILES string of the molecule is CCC1(CC)CN(c2cc(C3CCCCC3)cc(NC3=NC=CCC(N)=C3)n2)C1. The number of allylic oxidation sites excluding steroid dienone is 1. The normalized spacial score (nSPS) is 21.8. The molecule has 1 saturated heterocycles. The van der Waals surface area contributed by atoms with Gasteiger partial charge in [-0.05, 0) is 55.4 Å². The largest absolute Gasteiger partial charge is 0.402 e. The van der Waals surface area contributed by atoms with Gasteiger partial charge < -0.3 is 16.0 Å². The second kappa shape index (κ2) is 8.60. The van der Waals surface area contributed by atoms with E-state index in [4.69, 9.17) is 10.7 Å². The maximum absolute atomic E-state index is 6.06. The lowest BCUT2D eigenvalue weighted by Crippen LogP contribution is -2.56. The van der Waals surface area contributed by atoms with Crippen LogP contribution in [-0.2, 0) is 0 Å². The minimum atomic E-state index is 0.462. The van der Waals surface area contributed by atoms with Gasteiger partial charge in [0.2, 0.25) is 0 Å². The highest BCUT2D eigenvalue weighted by molar-refractivity contribution is 6.04. The Morgan fingerprint density at radius 3 is 2.62 bits per heavy atom. The zero-order chi connectivity index (χ0) is 20.3. The second-order valence-corrected chi connectivity index (χ2v) is 8.99. The lowest BCUT2D eigenvalue weighted by molar-refractivity contribution is 0.193. The van der Waals surface area contributed by atoms with Crippen molar-refractivity contribution in [3.63, 3.8) is 0 Å². The van der Waals surface area contributed by atoms with Gasteiger partial charge in [0.15, 0.2) is 0 Å². The first-order chi connectivity index (χ1) is 14.1. The van der Waals surface area contributed by atoms with E-state index in [0.29, 0.717) is 11.3 Å². The summed E-state index contributed by atoms with van der Waals surface area (Å²) in [6.07, 6.45) is 15.5. The van der Waals surface area contributed by atoms with Crippen LogP contribution in [-0.4, -0.2) is 23.9 Å². The summed E-state index contributed by atoms with van der Waals surface area (Å²) in [4.78, 5) is 11.9. The number of hydrogen-bond donors (Lipinski definition) is 2. The number of anilines is 2. The van der Waals surface area contributed by atoms with Gasteiger partial charge >= 0.3 is 0 Å². The van der Waals surface area contributed by atoms with Gasteiger partial charge in [0, 0.05) is 36.8 Å². The zero-order valence-corrected chi connectivity index (χ0v) is 18.0. The van der Waals surface area contributed by atoms with Crippen LogP contribution in [0.3, 0.4) is 0 Å². The van der Waals surface area contributed by atoms with Crippen molar-refractivity contribution >= 4 is 17.5 Å². The van der Waals surface area contributed by atoms with Crippen LogP contribution in [0.1, 0.15) is 76.7 Å². The molecule has 4 rings (SSSR count). The number of nitrogens with two attached hydrogens (primary N) is 1. The van der Waals surface area contributed by atoms with Crippen LogP contribution in [0.25, 0.3) is 0 Å². The Morgan fingerprint density at radius 1 is 1.14 bits per heavy atom. The summed E-state index contributed by atoms with van der Waals surface area (Å²) in [6.45, 7) is 6.84. The molecule has 156 valence electrons.